The quantitative estimate of drug-likeness (QED) is 0.390. The van der Waals surface area contributed by atoms with Gasteiger partial charge in [0.2, 0.25) is 23.6 Å². The van der Waals surface area contributed by atoms with Crippen LogP contribution < -0.4 is 16.0 Å². The van der Waals surface area contributed by atoms with Gasteiger partial charge in [-0.2, -0.15) is 0 Å². The van der Waals surface area contributed by atoms with Gasteiger partial charge in [0.05, 0.1) is 0 Å². The molecule has 0 saturated carbocycles. The lowest BCUT2D eigenvalue weighted by molar-refractivity contribution is -0.143. The van der Waals surface area contributed by atoms with Crippen molar-refractivity contribution in [2.75, 3.05) is 6.54 Å². The van der Waals surface area contributed by atoms with Crippen molar-refractivity contribution in [3.63, 3.8) is 0 Å². The Labute approximate surface area is 182 Å². The van der Waals surface area contributed by atoms with Crippen molar-refractivity contribution >= 4 is 29.4 Å². The molecule has 4 N–H and O–H groups in total. The van der Waals surface area contributed by atoms with Crippen molar-refractivity contribution in [2.24, 2.45) is 0 Å². The fourth-order valence-electron chi connectivity index (χ4n) is 3.87. The molecule has 0 aromatic rings. The molecule has 0 aliphatic carbocycles. The van der Waals surface area contributed by atoms with Crippen LogP contribution in [0.25, 0.3) is 0 Å². The predicted molar refractivity (Wildman–Crippen MR) is 112 cm³/mol. The summed E-state index contributed by atoms with van der Waals surface area (Å²) < 4.78 is 0. The molecule has 0 aromatic heterocycles. The van der Waals surface area contributed by atoms with E-state index in [0.29, 0.717) is 45.1 Å². The summed E-state index contributed by atoms with van der Waals surface area (Å²) in [7, 11) is 0. The highest BCUT2D eigenvalue weighted by Gasteiger charge is 2.39. The molecule has 4 amide bonds. The molecule has 2 heterocycles. The standard InChI is InChI=1S/C21H34N4O6/c1-12-18(28)22-13(2)19(29)24-15(8-5-4-6-10-17(27)14(3)26)21(31)25-11-7-9-16(25)20(30)23-12/h12-16,26H,4-11H2,1-3H3,(H,22,28)(H,23,30)(H,24,29)/t12-,13+,14-,15-,16+/m0/s1. The van der Waals surface area contributed by atoms with Crippen LogP contribution in [-0.2, 0) is 24.0 Å². The first kappa shape index (κ1) is 24.8. The number of aliphatic hydroxyl groups excluding tert-OH is 1. The second-order valence-corrected chi connectivity index (χ2v) is 8.45. The van der Waals surface area contributed by atoms with E-state index in [2.05, 4.69) is 16.0 Å². The van der Waals surface area contributed by atoms with Gasteiger partial charge in [0, 0.05) is 13.0 Å². The Bertz CT molecular complexity index is 710. The summed E-state index contributed by atoms with van der Waals surface area (Å²) >= 11 is 0. The van der Waals surface area contributed by atoms with E-state index in [1.165, 1.54) is 25.7 Å². The van der Waals surface area contributed by atoms with Gasteiger partial charge in [-0.15, -0.1) is 0 Å². The third-order valence-corrected chi connectivity index (χ3v) is 5.84. The Morgan fingerprint density at radius 2 is 1.61 bits per heavy atom. The molecule has 0 radical (unpaired) electrons. The zero-order chi connectivity index (χ0) is 23.1. The highest BCUT2D eigenvalue weighted by molar-refractivity contribution is 5.97. The van der Waals surface area contributed by atoms with Crippen LogP contribution in [0.3, 0.4) is 0 Å². The molecule has 2 rings (SSSR count). The Morgan fingerprint density at radius 1 is 1.00 bits per heavy atom. The molecule has 2 aliphatic heterocycles. The maximum absolute atomic E-state index is 13.2. The SMILES string of the molecule is C[C@H](O)C(=O)CCCCC[C@@H]1NC(=O)[C@@H](C)NC(=O)[C@H](C)NC(=O)[C@H]2CCCN2C1=O. The molecule has 0 aromatic carbocycles. The van der Waals surface area contributed by atoms with Crippen molar-refractivity contribution in [3.05, 3.63) is 0 Å². The summed E-state index contributed by atoms with van der Waals surface area (Å²) in [6.07, 6.45) is 2.64. The molecule has 10 nitrogen and oxygen atoms in total. The fraction of sp³-hybridized carbons (Fsp3) is 0.762. The molecule has 10 heteroatoms. The number of ketones is 1. The maximum Gasteiger partial charge on any atom is 0.245 e. The maximum atomic E-state index is 13.2. The van der Waals surface area contributed by atoms with Crippen LogP contribution in [0.2, 0.25) is 0 Å². The summed E-state index contributed by atoms with van der Waals surface area (Å²) in [4.78, 5) is 63.8. The highest BCUT2D eigenvalue weighted by atomic mass is 16.3. The lowest BCUT2D eigenvalue weighted by Gasteiger charge is -2.31. The van der Waals surface area contributed by atoms with Crippen molar-refractivity contribution < 1.29 is 29.1 Å². The van der Waals surface area contributed by atoms with Gasteiger partial charge >= 0.3 is 0 Å². The average Bonchev–Trinajstić information content (AvgIpc) is 3.20. The van der Waals surface area contributed by atoms with Crippen molar-refractivity contribution in [2.45, 2.75) is 96.0 Å². The summed E-state index contributed by atoms with van der Waals surface area (Å²) in [5, 5.41) is 17.2. The molecule has 2 aliphatic rings. The third-order valence-electron chi connectivity index (χ3n) is 5.84. The second kappa shape index (κ2) is 11.2. The Morgan fingerprint density at radius 3 is 2.26 bits per heavy atom. The molecular weight excluding hydrogens is 404 g/mol. The molecule has 0 unspecified atom stereocenters. The van der Waals surface area contributed by atoms with Gasteiger partial charge in [-0.3, -0.25) is 24.0 Å². The summed E-state index contributed by atoms with van der Waals surface area (Å²) in [6, 6.07) is -3.16. The van der Waals surface area contributed by atoms with Crippen LogP contribution >= 0.6 is 0 Å². The number of unbranched alkanes of at least 4 members (excludes halogenated alkanes) is 2. The van der Waals surface area contributed by atoms with Crippen LogP contribution in [0.4, 0.5) is 0 Å². The Kier molecular flexibility index (Phi) is 8.97. The first-order valence-corrected chi connectivity index (χ1v) is 11.0. The highest BCUT2D eigenvalue weighted by Crippen LogP contribution is 2.21. The normalized spacial score (nSPS) is 28.6. The van der Waals surface area contributed by atoms with Crippen LogP contribution in [0.1, 0.15) is 65.7 Å². The van der Waals surface area contributed by atoms with Crippen LogP contribution in [-0.4, -0.2) is 76.2 Å². The number of aliphatic hydroxyl groups is 1. The Hall–Kier alpha value is -2.49. The minimum atomic E-state index is -0.982. The summed E-state index contributed by atoms with van der Waals surface area (Å²) in [6.45, 7) is 4.91. The van der Waals surface area contributed by atoms with E-state index in [4.69, 9.17) is 0 Å². The molecule has 31 heavy (non-hydrogen) atoms. The molecule has 2 fully saturated rings. The van der Waals surface area contributed by atoms with E-state index in [1.807, 2.05) is 0 Å². The smallest absolute Gasteiger partial charge is 0.245 e. The van der Waals surface area contributed by atoms with E-state index in [1.54, 1.807) is 0 Å². The van der Waals surface area contributed by atoms with E-state index < -0.39 is 42.1 Å². The van der Waals surface area contributed by atoms with Gasteiger partial charge in [-0.25, -0.2) is 0 Å². The van der Waals surface area contributed by atoms with E-state index >= 15 is 0 Å². The van der Waals surface area contributed by atoms with E-state index in [0.717, 1.165) is 0 Å². The van der Waals surface area contributed by atoms with Crippen molar-refractivity contribution in [1.29, 1.82) is 0 Å². The minimum absolute atomic E-state index is 0.222. The number of hydrogen-bond donors (Lipinski definition) is 4. The molecule has 0 spiro atoms. The number of carbonyl (C=O) groups excluding carboxylic acids is 5. The molecule has 2 saturated heterocycles. The number of nitrogens with one attached hydrogen (secondary N) is 3. The summed E-state index contributed by atoms with van der Waals surface area (Å²) in [5.74, 6) is -1.83. The number of Topliss-reactive ketones (excluding diaryl/α,β-unsaturated/α-hetero) is 1. The molecular formula is C21H34N4O6. The van der Waals surface area contributed by atoms with Gasteiger partial charge in [0.25, 0.3) is 0 Å². The number of fused-ring (bicyclic) bond motifs is 1. The number of rotatable bonds is 7. The first-order chi connectivity index (χ1) is 14.6. The van der Waals surface area contributed by atoms with E-state index in [9.17, 15) is 29.1 Å². The van der Waals surface area contributed by atoms with Crippen LogP contribution in [0.5, 0.6) is 0 Å². The van der Waals surface area contributed by atoms with Crippen LogP contribution in [0, 0.1) is 0 Å². The van der Waals surface area contributed by atoms with Crippen molar-refractivity contribution in [3.8, 4) is 0 Å². The number of carbonyl (C=O) groups is 5. The van der Waals surface area contributed by atoms with Gasteiger partial charge in [-0.1, -0.05) is 12.8 Å². The van der Waals surface area contributed by atoms with Crippen molar-refractivity contribution in [1.82, 2.24) is 20.9 Å². The van der Waals surface area contributed by atoms with Gasteiger partial charge in [0.1, 0.15) is 30.3 Å². The molecule has 174 valence electrons. The number of nitrogens with zero attached hydrogens (tertiary/aromatic N) is 1. The average molecular weight is 439 g/mol. The Balaban J connectivity index is 2.09. The number of hydrogen-bond acceptors (Lipinski definition) is 6. The van der Waals surface area contributed by atoms with Gasteiger partial charge in [0.15, 0.2) is 5.78 Å². The zero-order valence-corrected chi connectivity index (χ0v) is 18.5. The zero-order valence-electron chi connectivity index (χ0n) is 18.5. The minimum Gasteiger partial charge on any atom is -0.386 e. The third kappa shape index (κ3) is 6.75. The predicted octanol–water partition coefficient (Wildman–Crippen LogP) is -0.614. The lowest BCUT2D eigenvalue weighted by Crippen LogP contribution is -2.60. The second-order valence-electron chi connectivity index (χ2n) is 8.45. The molecule has 0 bridgehead atoms. The van der Waals surface area contributed by atoms with Gasteiger partial charge < -0.3 is 26.0 Å². The monoisotopic (exact) mass is 438 g/mol. The summed E-state index contributed by atoms with van der Waals surface area (Å²) in [5.41, 5.74) is 0. The fourth-order valence-corrected chi connectivity index (χ4v) is 3.87. The largest absolute Gasteiger partial charge is 0.386 e. The number of amides is 4. The lowest BCUT2D eigenvalue weighted by atomic mass is 10.0. The topological polar surface area (TPSA) is 145 Å². The van der Waals surface area contributed by atoms with E-state index in [-0.39, 0.29) is 24.0 Å². The first-order valence-electron chi connectivity index (χ1n) is 11.0. The molecule has 5 atom stereocenters. The van der Waals surface area contributed by atoms with Gasteiger partial charge in [-0.05, 0) is 46.5 Å². The van der Waals surface area contributed by atoms with Crippen LogP contribution in [0.15, 0.2) is 0 Å².